The first-order chi connectivity index (χ1) is 9.75. The molecule has 0 bridgehead atoms. The van der Waals surface area contributed by atoms with E-state index in [0.29, 0.717) is 17.1 Å². The van der Waals surface area contributed by atoms with Crippen molar-refractivity contribution >= 4 is 18.0 Å². The number of nitrogens with zero attached hydrogens (tertiary/aromatic N) is 2. The van der Waals surface area contributed by atoms with Crippen LogP contribution in [0.4, 0.5) is 5.82 Å². The van der Waals surface area contributed by atoms with Crippen LogP contribution in [-0.4, -0.2) is 28.9 Å². The zero-order chi connectivity index (χ0) is 14.2. The van der Waals surface area contributed by atoms with Crippen LogP contribution in [0.2, 0.25) is 0 Å². The number of hydrogen-bond donors (Lipinski definition) is 2. The monoisotopic (exact) mass is 271 g/mol. The second kappa shape index (κ2) is 6.89. The normalized spacial score (nSPS) is 10.4. The molecule has 2 rings (SSSR count). The van der Waals surface area contributed by atoms with Gasteiger partial charge in [0, 0.05) is 11.8 Å². The van der Waals surface area contributed by atoms with Crippen LogP contribution in [0.1, 0.15) is 5.56 Å². The van der Waals surface area contributed by atoms with Gasteiger partial charge in [0.2, 0.25) is 0 Å². The van der Waals surface area contributed by atoms with Crippen molar-refractivity contribution in [2.45, 2.75) is 0 Å². The predicted octanol–water partition coefficient (Wildman–Crippen LogP) is 1.99. The third-order valence-corrected chi connectivity index (χ3v) is 2.32. The molecule has 20 heavy (non-hydrogen) atoms. The first kappa shape index (κ1) is 13.5. The summed E-state index contributed by atoms with van der Waals surface area (Å²) in [5, 5.41) is 12.6. The number of nitrogens with one attached hydrogen (secondary N) is 1. The van der Waals surface area contributed by atoms with Gasteiger partial charge in [-0.15, -0.1) is 0 Å². The van der Waals surface area contributed by atoms with Crippen LogP contribution in [0.3, 0.4) is 0 Å². The van der Waals surface area contributed by atoms with Crippen molar-refractivity contribution in [3.8, 4) is 5.75 Å². The number of aromatic nitrogens is 1. The van der Waals surface area contributed by atoms with E-state index in [1.807, 2.05) is 18.2 Å². The van der Waals surface area contributed by atoms with Crippen LogP contribution in [-0.2, 0) is 4.79 Å². The van der Waals surface area contributed by atoms with E-state index in [1.165, 1.54) is 0 Å². The number of hydrazone groups is 1. The fourth-order valence-corrected chi connectivity index (χ4v) is 1.45. The number of benzene rings is 1. The Hall–Kier alpha value is -2.89. The summed E-state index contributed by atoms with van der Waals surface area (Å²) in [5.41, 5.74) is 3.45. The maximum atomic E-state index is 10.5. The summed E-state index contributed by atoms with van der Waals surface area (Å²) in [6.45, 7) is -0.390. The molecule has 102 valence electrons. The number of pyridine rings is 1. The number of hydrogen-bond acceptors (Lipinski definition) is 5. The Morgan fingerprint density at radius 1 is 1.30 bits per heavy atom. The fourth-order valence-electron chi connectivity index (χ4n) is 1.45. The largest absolute Gasteiger partial charge is 0.481 e. The van der Waals surface area contributed by atoms with Crippen molar-refractivity contribution in [1.82, 2.24) is 4.98 Å². The van der Waals surface area contributed by atoms with Crippen molar-refractivity contribution in [3.05, 3.63) is 54.2 Å². The summed E-state index contributed by atoms with van der Waals surface area (Å²) < 4.78 is 5.17. The number of carboxylic acid groups (broad SMARTS) is 1. The fraction of sp³-hybridized carbons (Fsp3) is 0.0714. The molecule has 1 aromatic carbocycles. The third kappa shape index (κ3) is 4.09. The SMILES string of the molecule is O=C(O)COc1ccccc1/C=N\Nc1ccccn1. The maximum Gasteiger partial charge on any atom is 0.341 e. The van der Waals surface area contributed by atoms with Crippen LogP contribution in [0.5, 0.6) is 5.75 Å². The highest BCUT2D eigenvalue weighted by Gasteiger charge is 2.03. The summed E-state index contributed by atoms with van der Waals surface area (Å²) in [7, 11) is 0. The Balaban J connectivity index is 2.03. The zero-order valence-corrected chi connectivity index (χ0v) is 10.6. The minimum absolute atomic E-state index is 0.390. The van der Waals surface area contributed by atoms with E-state index in [4.69, 9.17) is 9.84 Å². The van der Waals surface area contributed by atoms with Gasteiger partial charge >= 0.3 is 5.97 Å². The number of anilines is 1. The molecule has 0 saturated heterocycles. The topological polar surface area (TPSA) is 83.8 Å². The number of carbonyl (C=O) groups is 1. The predicted molar refractivity (Wildman–Crippen MR) is 75.0 cm³/mol. The summed E-state index contributed by atoms with van der Waals surface area (Å²) >= 11 is 0. The Labute approximate surface area is 115 Å². The molecule has 0 spiro atoms. The van der Waals surface area contributed by atoms with Crippen molar-refractivity contribution in [1.29, 1.82) is 0 Å². The molecular formula is C14H13N3O3. The Kier molecular flexibility index (Phi) is 4.66. The highest BCUT2D eigenvalue weighted by molar-refractivity contribution is 5.84. The van der Waals surface area contributed by atoms with Crippen molar-refractivity contribution in [2.75, 3.05) is 12.0 Å². The van der Waals surface area contributed by atoms with E-state index in [9.17, 15) is 4.79 Å². The Bertz CT molecular complexity index is 600. The Morgan fingerprint density at radius 3 is 2.85 bits per heavy atom. The van der Waals surface area contributed by atoms with Gasteiger partial charge in [0.15, 0.2) is 6.61 Å². The third-order valence-electron chi connectivity index (χ3n) is 2.32. The number of aliphatic carboxylic acids is 1. The van der Waals surface area contributed by atoms with Gasteiger partial charge in [-0.3, -0.25) is 5.43 Å². The summed E-state index contributed by atoms with van der Waals surface area (Å²) in [5.74, 6) is 0.0532. The molecule has 0 saturated carbocycles. The summed E-state index contributed by atoms with van der Waals surface area (Å²) in [4.78, 5) is 14.6. The van der Waals surface area contributed by atoms with Gasteiger partial charge in [0.05, 0.1) is 6.21 Å². The lowest BCUT2D eigenvalue weighted by atomic mass is 10.2. The molecule has 0 radical (unpaired) electrons. The maximum absolute atomic E-state index is 10.5. The van der Waals surface area contributed by atoms with E-state index in [-0.39, 0.29) is 0 Å². The quantitative estimate of drug-likeness (QED) is 0.620. The molecule has 0 fully saturated rings. The number of rotatable bonds is 6. The molecule has 1 aromatic heterocycles. The average molecular weight is 271 g/mol. The summed E-state index contributed by atoms with van der Waals surface area (Å²) in [6, 6.07) is 12.5. The molecule has 2 aromatic rings. The molecule has 2 N–H and O–H groups in total. The first-order valence-corrected chi connectivity index (χ1v) is 5.89. The minimum atomic E-state index is -1.02. The minimum Gasteiger partial charge on any atom is -0.481 e. The highest BCUT2D eigenvalue weighted by Crippen LogP contribution is 2.15. The van der Waals surface area contributed by atoms with Crippen molar-refractivity contribution in [2.24, 2.45) is 5.10 Å². The molecule has 0 unspecified atom stereocenters. The van der Waals surface area contributed by atoms with Gasteiger partial charge in [-0.2, -0.15) is 5.10 Å². The Morgan fingerprint density at radius 2 is 2.10 bits per heavy atom. The van der Waals surface area contributed by atoms with E-state index >= 15 is 0 Å². The van der Waals surface area contributed by atoms with E-state index in [1.54, 1.807) is 36.7 Å². The molecule has 0 aliphatic rings. The zero-order valence-electron chi connectivity index (χ0n) is 10.6. The van der Waals surface area contributed by atoms with Crippen molar-refractivity contribution < 1.29 is 14.6 Å². The molecule has 1 heterocycles. The highest BCUT2D eigenvalue weighted by atomic mass is 16.5. The smallest absolute Gasteiger partial charge is 0.341 e. The second-order valence-electron chi connectivity index (χ2n) is 3.81. The lowest BCUT2D eigenvalue weighted by Gasteiger charge is -2.06. The molecule has 0 aliphatic heterocycles. The molecule has 0 atom stereocenters. The van der Waals surface area contributed by atoms with Gasteiger partial charge < -0.3 is 9.84 Å². The van der Waals surface area contributed by atoms with Gasteiger partial charge in [-0.05, 0) is 24.3 Å². The molecule has 6 nitrogen and oxygen atoms in total. The molecule has 0 amide bonds. The van der Waals surface area contributed by atoms with Gasteiger partial charge in [0.25, 0.3) is 0 Å². The van der Waals surface area contributed by atoms with Gasteiger partial charge in [-0.25, -0.2) is 9.78 Å². The summed E-state index contributed by atoms with van der Waals surface area (Å²) in [6.07, 6.45) is 3.20. The lowest BCUT2D eigenvalue weighted by Crippen LogP contribution is -2.10. The van der Waals surface area contributed by atoms with E-state index in [0.717, 1.165) is 0 Å². The van der Waals surface area contributed by atoms with Crippen LogP contribution in [0, 0.1) is 0 Å². The molecular weight excluding hydrogens is 258 g/mol. The van der Waals surface area contributed by atoms with Gasteiger partial charge in [0.1, 0.15) is 11.6 Å². The number of ether oxygens (including phenoxy) is 1. The number of carboxylic acids is 1. The first-order valence-electron chi connectivity index (χ1n) is 5.89. The average Bonchev–Trinajstić information content (AvgIpc) is 2.47. The van der Waals surface area contributed by atoms with Crippen LogP contribution in [0.25, 0.3) is 0 Å². The molecule has 0 aliphatic carbocycles. The lowest BCUT2D eigenvalue weighted by molar-refractivity contribution is -0.139. The number of para-hydroxylation sites is 1. The van der Waals surface area contributed by atoms with Crippen LogP contribution >= 0.6 is 0 Å². The van der Waals surface area contributed by atoms with Crippen molar-refractivity contribution in [3.63, 3.8) is 0 Å². The van der Waals surface area contributed by atoms with Crippen LogP contribution in [0.15, 0.2) is 53.8 Å². The van der Waals surface area contributed by atoms with Gasteiger partial charge in [-0.1, -0.05) is 18.2 Å². The van der Waals surface area contributed by atoms with E-state index < -0.39 is 12.6 Å². The molecule has 6 heteroatoms. The standard InChI is InChI=1S/C14H13N3O3/c18-14(19)10-20-12-6-2-1-5-11(12)9-16-17-13-7-3-4-8-15-13/h1-9H,10H2,(H,15,17)(H,18,19)/b16-9-. The van der Waals surface area contributed by atoms with Crippen LogP contribution < -0.4 is 10.2 Å². The van der Waals surface area contributed by atoms with E-state index in [2.05, 4.69) is 15.5 Å². The second-order valence-corrected chi connectivity index (χ2v) is 3.81.